The Morgan fingerprint density at radius 2 is 1.58 bits per heavy atom. The van der Waals surface area contributed by atoms with E-state index in [-0.39, 0.29) is 18.2 Å². The van der Waals surface area contributed by atoms with Crippen molar-refractivity contribution in [3.63, 3.8) is 0 Å². The molecule has 1 aliphatic rings. The maximum atomic E-state index is 12.4. The molecular weight excluding hydrogens is 404 g/mol. The molecule has 5 heteroatoms. The molecule has 154 valence electrons. The van der Waals surface area contributed by atoms with Crippen LogP contribution in [0, 0.1) is 11.3 Å². The number of nitrogens with zero attached hydrogens (tertiary/aromatic N) is 1. The van der Waals surface area contributed by atoms with E-state index in [0.29, 0.717) is 23.0 Å². The van der Waals surface area contributed by atoms with Gasteiger partial charge in [0.05, 0.1) is 16.7 Å². The van der Waals surface area contributed by atoms with Crippen molar-refractivity contribution in [2.75, 3.05) is 0 Å². The van der Waals surface area contributed by atoms with Gasteiger partial charge in [0.1, 0.15) is 12.4 Å². The average Bonchev–Trinajstić information content (AvgIpc) is 2.83. The number of rotatable bonds is 7. The molecule has 3 aromatic rings. The molecule has 1 unspecified atom stereocenters. The molecule has 0 aliphatic carbocycles. The first kappa shape index (κ1) is 20.8. The van der Waals surface area contributed by atoms with Gasteiger partial charge < -0.3 is 10.1 Å². The van der Waals surface area contributed by atoms with Gasteiger partial charge in [0.15, 0.2) is 0 Å². The van der Waals surface area contributed by atoms with Gasteiger partial charge in [-0.1, -0.05) is 72.8 Å². The van der Waals surface area contributed by atoms with Gasteiger partial charge in [-0.15, -0.1) is 11.8 Å². The maximum Gasteiger partial charge on any atom is 0.225 e. The molecule has 1 aliphatic heterocycles. The number of amides is 1. The van der Waals surface area contributed by atoms with E-state index < -0.39 is 0 Å². The van der Waals surface area contributed by atoms with E-state index in [2.05, 4.69) is 11.4 Å². The molecule has 3 aromatic carbocycles. The number of ether oxygens (including phenoxy) is 1. The fourth-order valence-electron chi connectivity index (χ4n) is 3.48. The van der Waals surface area contributed by atoms with E-state index in [4.69, 9.17) is 4.74 Å². The van der Waals surface area contributed by atoms with Crippen molar-refractivity contribution in [2.24, 2.45) is 0 Å². The number of allylic oxidation sites excluding steroid dienone is 1. The number of nitriles is 1. The van der Waals surface area contributed by atoms with Crippen molar-refractivity contribution in [3.8, 4) is 11.8 Å². The smallest absolute Gasteiger partial charge is 0.225 e. The summed E-state index contributed by atoms with van der Waals surface area (Å²) in [6, 6.07) is 30.0. The minimum Gasteiger partial charge on any atom is -0.489 e. The minimum atomic E-state index is -0.250. The van der Waals surface area contributed by atoms with Gasteiger partial charge in [0, 0.05) is 18.1 Å². The highest BCUT2D eigenvalue weighted by molar-refractivity contribution is 8.02. The van der Waals surface area contributed by atoms with E-state index in [1.54, 1.807) is 0 Å². The lowest BCUT2D eigenvalue weighted by molar-refractivity contribution is -0.120. The molecule has 0 bridgehead atoms. The van der Waals surface area contributed by atoms with Gasteiger partial charge in [-0.05, 0) is 28.8 Å². The Morgan fingerprint density at radius 3 is 2.23 bits per heavy atom. The predicted molar refractivity (Wildman–Crippen MR) is 123 cm³/mol. The summed E-state index contributed by atoms with van der Waals surface area (Å²) < 4.78 is 5.86. The molecule has 0 saturated heterocycles. The number of carbonyl (C=O) groups is 1. The van der Waals surface area contributed by atoms with Crippen LogP contribution in [0.2, 0.25) is 0 Å². The first-order valence-electron chi connectivity index (χ1n) is 10.1. The Balaban J connectivity index is 1.48. The van der Waals surface area contributed by atoms with Crippen molar-refractivity contribution in [1.29, 1.82) is 5.26 Å². The van der Waals surface area contributed by atoms with Crippen LogP contribution >= 0.6 is 11.8 Å². The highest BCUT2D eigenvalue weighted by Crippen LogP contribution is 2.37. The van der Waals surface area contributed by atoms with Gasteiger partial charge in [0.2, 0.25) is 5.91 Å². The van der Waals surface area contributed by atoms with Crippen LogP contribution in [0.3, 0.4) is 0 Å². The Morgan fingerprint density at radius 1 is 0.935 bits per heavy atom. The van der Waals surface area contributed by atoms with Gasteiger partial charge in [0.25, 0.3) is 0 Å². The maximum absolute atomic E-state index is 12.4. The Labute approximate surface area is 186 Å². The zero-order valence-corrected chi connectivity index (χ0v) is 17.8. The van der Waals surface area contributed by atoms with Crippen LogP contribution < -0.4 is 10.1 Å². The van der Waals surface area contributed by atoms with Crippen LogP contribution in [0.1, 0.15) is 29.0 Å². The Kier molecular flexibility index (Phi) is 6.71. The van der Waals surface area contributed by atoms with Gasteiger partial charge in [-0.2, -0.15) is 5.26 Å². The van der Waals surface area contributed by atoms with Crippen LogP contribution in [0.5, 0.6) is 5.75 Å². The predicted octanol–water partition coefficient (Wildman–Crippen LogP) is 5.54. The second kappa shape index (κ2) is 10.0. The van der Waals surface area contributed by atoms with E-state index in [9.17, 15) is 10.1 Å². The summed E-state index contributed by atoms with van der Waals surface area (Å²) in [5, 5.41) is 13.4. The highest BCUT2D eigenvalue weighted by atomic mass is 32.2. The number of hydrogen-bond donors (Lipinski definition) is 1. The standard InChI is InChI=1S/C26H22N2O2S/c27-16-24-23(15-25(29)28-26(24)31-18-20-9-5-2-6-10-20)21-11-13-22(14-12-21)30-17-19-7-3-1-4-8-19/h1-14,23H,15,17-18H2,(H,28,29). The number of carbonyl (C=O) groups excluding carboxylic acids is 1. The molecule has 0 saturated carbocycles. The molecule has 4 rings (SSSR count). The summed E-state index contributed by atoms with van der Waals surface area (Å²) in [5.41, 5.74) is 3.80. The molecule has 1 heterocycles. The summed E-state index contributed by atoms with van der Waals surface area (Å²) in [4.78, 5) is 12.4. The topological polar surface area (TPSA) is 62.1 Å². The lowest BCUT2D eigenvalue weighted by atomic mass is 9.87. The second-order valence-electron chi connectivity index (χ2n) is 7.28. The fraction of sp³-hybridized carbons (Fsp3) is 0.154. The average molecular weight is 427 g/mol. The van der Waals surface area contributed by atoms with Gasteiger partial charge in [-0.25, -0.2) is 0 Å². The van der Waals surface area contributed by atoms with Crippen LogP contribution in [0.15, 0.2) is 95.5 Å². The number of thioether (sulfide) groups is 1. The lowest BCUT2D eigenvalue weighted by Gasteiger charge is -2.25. The third-order valence-corrected chi connectivity index (χ3v) is 6.20. The summed E-state index contributed by atoms with van der Waals surface area (Å²) in [5.74, 6) is 1.14. The molecule has 0 fully saturated rings. The molecule has 1 amide bonds. The van der Waals surface area contributed by atoms with Crippen LogP contribution in [0.25, 0.3) is 0 Å². The lowest BCUT2D eigenvalue weighted by Crippen LogP contribution is -2.30. The molecule has 0 radical (unpaired) electrons. The van der Waals surface area contributed by atoms with Gasteiger partial charge >= 0.3 is 0 Å². The van der Waals surface area contributed by atoms with E-state index >= 15 is 0 Å². The van der Waals surface area contributed by atoms with Crippen molar-refractivity contribution >= 4 is 17.7 Å². The Bertz CT molecular complexity index is 1100. The monoisotopic (exact) mass is 426 g/mol. The van der Waals surface area contributed by atoms with Crippen LogP contribution in [0.4, 0.5) is 0 Å². The van der Waals surface area contributed by atoms with E-state index in [1.807, 2.05) is 84.9 Å². The third kappa shape index (κ3) is 5.36. The van der Waals surface area contributed by atoms with E-state index in [1.165, 1.54) is 11.8 Å². The van der Waals surface area contributed by atoms with Gasteiger partial charge in [-0.3, -0.25) is 4.79 Å². The highest BCUT2D eigenvalue weighted by Gasteiger charge is 2.29. The minimum absolute atomic E-state index is 0.0658. The molecule has 1 N–H and O–H groups in total. The molecular formula is C26H22N2O2S. The first-order valence-corrected chi connectivity index (χ1v) is 11.1. The molecule has 0 aromatic heterocycles. The van der Waals surface area contributed by atoms with Crippen LogP contribution in [-0.2, 0) is 17.2 Å². The molecule has 1 atom stereocenters. The van der Waals surface area contributed by atoms with E-state index in [0.717, 1.165) is 22.4 Å². The van der Waals surface area contributed by atoms with Crippen molar-refractivity contribution in [3.05, 3.63) is 112 Å². The summed E-state index contributed by atoms with van der Waals surface area (Å²) in [7, 11) is 0. The molecule has 4 nitrogen and oxygen atoms in total. The number of benzene rings is 3. The normalized spacial score (nSPS) is 15.8. The van der Waals surface area contributed by atoms with Crippen molar-refractivity contribution in [2.45, 2.75) is 24.7 Å². The number of hydrogen-bond acceptors (Lipinski definition) is 4. The third-order valence-electron chi connectivity index (χ3n) is 5.11. The largest absolute Gasteiger partial charge is 0.489 e. The quantitative estimate of drug-likeness (QED) is 0.539. The zero-order valence-electron chi connectivity index (χ0n) is 17.0. The SMILES string of the molecule is N#CC1=C(SCc2ccccc2)NC(=O)CC1c1ccc(OCc2ccccc2)cc1. The molecule has 31 heavy (non-hydrogen) atoms. The molecule has 0 spiro atoms. The van der Waals surface area contributed by atoms with Crippen molar-refractivity contribution in [1.82, 2.24) is 5.32 Å². The van der Waals surface area contributed by atoms with Crippen LogP contribution in [-0.4, -0.2) is 5.91 Å². The summed E-state index contributed by atoms with van der Waals surface area (Å²) >= 11 is 1.49. The fourth-order valence-corrected chi connectivity index (χ4v) is 4.52. The number of nitrogens with one attached hydrogen (secondary N) is 1. The summed E-state index contributed by atoms with van der Waals surface area (Å²) in [6.45, 7) is 0.496. The zero-order chi connectivity index (χ0) is 21.5. The second-order valence-corrected chi connectivity index (χ2v) is 8.26. The summed E-state index contributed by atoms with van der Waals surface area (Å²) in [6.07, 6.45) is 0.266. The van der Waals surface area contributed by atoms with Crippen molar-refractivity contribution < 1.29 is 9.53 Å². The first-order chi connectivity index (χ1) is 15.2. The Hall–Kier alpha value is -3.49.